The lowest BCUT2D eigenvalue weighted by Crippen LogP contribution is -2.16. The number of nitrogens with one attached hydrogen (secondary N) is 1. The van der Waals surface area contributed by atoms with Crippen LogP contribution in [0.4, 0.5) is 0 Å². The maximum atomic E-state index is 3.37. The monoisotopic (exact) mass is 159 g/mol. The predicted octanol–water partition coefficient (Wildman–Crippen LogP) is 3.06. The fraction of sp³-hybridized carbons (Fsp3) is 1.00. The zero-order valence-electron chi connectivity index (χ0n) is 9.07. The fourth-order valence-corrected chi connectivity index (χ4v) is 1.17. The summed E-state index contributed by atoms with van der Waals surface area (Å²) in [7, 11) is 0. The second-order valence-corrected chi connectivity index (χ2v) is 2.65. The summed E-state index contributed by atoms with van der Waals surface area (Å²) in [6.07, 6.45) is 1.36. The van der Waals surface area contributed by atoms with Gasteiger partial charge in [0.1, 0.15) is 0 Å². The Balaban J connectivity index is 0. The van der Waals surface area contributed by atoms with Gasteiger partial charge in [0.05, 0.1) is 0 Å². The van der Waals surface area contributed by atoms with E-state index >= 15 is 0 Å². The smallest absolute Gasteiger partial charge is 0.00418 e. The highest BCUT2D eigenvalue weighted by molar-refractivity contribution is 4.74. The molecule has 0 aromatic heterocycles. The van der Waals surface area contributed by atoms with Crippen LogP contribution in [0.2, 0.25) is 0 Å². The Morgan fingerprint density at radius 1 is 1.00 bits per heavy atom. The van der Waals surface area contributed by atoms with E-state index < -0.39 is 0 Å². The van der Waals surface area contributed by atoms with Crippen LogP contribution in [0.15, 0.2) is 0 Å². The van der Waals surface area contributed by atoms with E-state index in [1.165, 1.54) is 13.0 Å². The van der Waals surface area contributed by atoms with Gasteiger partial charge in [-0.15, -0.1) is 0 Å². The summed E-state index contributed by atoms with van der Waals surface area (Å²) >= 11 is 0. The van der Waals surface area contributed by atoms with E-state index in [0.29, 0.717) is 0 Å². The maximum absolute atomic E-state index is 3.37. The third kappa shape index (κ3) is 7.86. The van der Waals surface area contributed by atoms with Gasteiger partial charge in [0.25, 0.3) is 0 Å². The van der Waals surface area contributed by atoms with Crippen molar-refractivity contribution in [2.24, 2.45) is 5.92 Å². The highest BCUT2D eigenvalue weighted by Gasteiger charge is 2.14. The van der Waals surface area contributed by atoms with Gasteiger partial charge in [0.15, 0.2) is 0 Å². The molecule has 0 aromatic carbocycles. The third-order valence-corrected chi connectivity index (χ3v) is 1.57. The Labute approximate surface area is 72.6 Å². The van der Waals surface area contributed by atoms with Crippen molar-refractivity contribution in [2.45, 2.75) is 54.0 Å². The first-order chi connectivity index (χ1) is 5.29. The minimum atomic E-state index is 0.773. The van der Waals surface area contributed by atoms with E-state index in [1.54, 1.807) is 0 Å². The summed E-state index contributed by atoms with van der Waals surface area (Å²) in [5, 5.41) is 3.37. The second kappa shape index (κ2) is 9.96. The van der Waals surface area contributed by atoms with Crippen LogP contribution in [0.25, 0.3) is 0 Å². The molecule has 1 aliphatic heterocycles. The minimum absolute atomic E-state index is 0.773. The van der Waals surface area contributed by atoms with Gasteiger partial charge in [0.2, 0.25) is 0 Å². The fourth-order valence-electron chi connectivity index (χ4n) is 1.17. The first-order valence-electron chi connectivity index (χ1n) is 5.02. The lowest BCUT2D eigenvalue weighted by molar-refractivity contribution is 0.622. The van der Waals surface area contributed by atoms with E-state index in [4.69, 9.17) is 0 Å². The maximum Gasteiger partial charge on any atom is 0.00418 e. The molecule has 1 saturated heterocycles. The van der Waals surface area contributed by atoms with Crippen LogP contribution < -0.4 is 5.32 Å². The zero-order valence-corrected chi connectivity index (χ0v) is 9.07. The van der Waals surface area contributed by atoms with Gasteiger partial charge in [-0.25, -0.2) is 0 Å². The number of rotatable bonds is 0. The van der Waals surface area contributed by atoms with E-state index in [0.717, 1.165) is 12.0 Å². The molecular weight excluding hydrogens is 134 g/mol. The summed E-state index contributed by atoms with van der Waals surface area (Å²) in [5.41, 5.74) is 0. The SMILES string of the molecule is CC.CC.CC1C[C@H](C)CN1. The molecule has 0 amide bonds. The lowest BCUT2D eigenvalue weighted by Gasteiger charge is -1.96. The minimum Gasteiger partial charge on any atom is -0.314 e. The first-order valence-corrected chi connectivity index (χ1v) is 5.02. The Morgan fingerprint density at radius 2 is 1.45 bits per heavy atom. The topological polar surface area (TPSA) is 12.0 Å². The van der Waals surface area contributed by atoms with Crippen molar-refractivity contribution in [1.82, 2.24) is 5.32 Å². The van der Waals surface area contributed by atoms with Gasteiger partial charge in [-0.05, 0) is 25.8 Å². The van der Waals surface area contributed by atoms with Gasteiger partial charge in [0, 0.05) is 6.04 Å². The molecule has 2 atom stereocenters. The molecule has 11 heavy (non-hydrogen) atoms. The molecule has 1 heterocycles. The van der Waals surface area contributed by atoms with E-state index in [2.05, 4.69) is 19.2 Å². The molecule has 1 aliphatic rings. The highest BCUT2D eigenvalue weighted by Crippen LogP contribution is 2.10. The van der Waals surface area contributed by atoms with Gasteiger partial charge in [-0.2, -0.15) is 0 Å². The molecule has 0 aliphatic carbocycles. The average Bonchev–Trinajstić information content (AvgIpc) is 2.43. The van der Waals surface area contributed by atoms with Gasteiger partial charge in [-0.1, -0.05) is 34.6 Å². The Morgan fingerprint density at radius 3 is 1.55 bits per heavy atom. The molecule has 1 nitrogen and oxygen atoms in total. The normalized spacial score (nSPS) is 27.8. The Kier molecular flexibility index (Phi) is 12.3. The standard InChI is InChI=1S/C6H13N.2C2H6/c1-5-3-6(2)7-4-5;2*1-2/h5-7H,3-4H2,1-2H3;2*1-2H3/t5-,6?;;/m0../s1. The van der Waals surface area contributed by atoms with Gasteiger partial charge in [-0.3, -0.25) is 0 Å². The summed E-state index contributed by atoms with van der Waals surface area (Å²) in [6, 6.07) is 0.773. The van der Waals surface area contributed by atoms with Crippen LogP contribution >= 0.6 is 0 Å². The van der Waals surface area contributed by atoms with Gasteiger partial charge < -0.3 is 5.32 Å². The third-order valence-electron chi connectivity index (χ3n) is 1.57. The summed E-state index contributed by atoms with van der Waals surface area (Å²) < 4.78 is 0. The van der Waals surface area contributed by atoms with Crippen molar-refractivity contribution in [2.75, 3.05) is 6.54 Å². The van der Waals surface area contributed by atoms with Crippen molar-refractivity contribution in [1.29, 1.82) is 0 Å². The van der Waals surface area contributed by atoms with Crippen molar-refractivity contribution in [3.63, 3.8) is 0 Å². The van der Waals surface area contributed by atoms with Crippen LogP contribution in [0.5, 0.6) is 0 Å². The Hall–Kier alpha value is -0.0400. The van der Waals surface area contributed by atoms with Crippen LogP contribution in [-0.4, -0.2) is 12.6 Å². The molecule has 0 saturated carbocycles. The van der Waals surface area contributed by atoms with Gasteiger partial charge >= 0.3 is 0 Å². The molecule has 1 fully saturated rings. The molecule has 1 rings (SSSR count). The predicted molar refractivity (Wildman–Crippen MR) is 53.9 cm³/mol. The number of hydrogen-bond donors (Lipinski definition) is 1. The summed E-state index contributed by atoms with van der Waals surface area (Å²) in [4.78, 5) is 0. The first kappa shape index (κ1) is 13.5. The largest absolute Gasteiger partial charge is 0.314 e. The molecule has 70 valence electrons. The van der Waals surface area contributed by atoms with Crippen molar-refractivity contribution < 1.29 is 0 Å². The van der Waals surface area contributed by atoms with Crippen LogP contribution in [-0.2, 0) is 0 Å². The zero-order chi connectivity index (χ0) is 9.28. The quantitative estimate of drug-likeness (QED) is 0.573. The van der Waals surface area contributed by atoms with Crippen molar-refractivity contribution in [3.05, 3.63) is 0 Å². The van der Waals surface area contributed by atoms with E-state index in [1.807, 2.05) is 27.7 Å². The second-order valence-electron chi connectivity index (χ2n) is 2.65. The molecule has 1 N–H and O–H groups in total. The molecule has 1 unspecified atom stereocenters. The molecule has 0 bridgehead atoms. The summed E-state index contributed by atoms with van der Waals surface area (Å²) in [5.74, 6) is 0.912. The average molecular weight is 159 g/mol. The highest BCUT2D eigenvalue weighted by atomic mass is 14.9. The van der Waals surface area contributed by atoms with Crippen LogP contribution in [0.3, 0.4) is 0 Å². The van der Waals surface area contributed by atoms with Crippen LogP contribution in [0.1, 0.15) is 48.0 Å². The van der Waals surface area contributed by atoms with Crippen molar-refractivity contribution in [3.8, 4) is 0 Å². The molecular formula is C10H25N. The van der Waals surface area contributed by atoms with E-state index in [9.17, 15) is 0 Å². The molecule has 0 radical (unpaired) electrons. The lowest BCUT2D eigenvalue weighted by atomic mass is 10.1. The number of hydrogen-bond acceptors (Lipinski definition) is 1. The Bertz CT molecular complexity index is 53.9. The van der Waals surface area contributed by atoms with E-state index in [-0.39, 0.29) is 0 Å². The molecule has 1 heteroatoms. The van der Waals surface area contributed by atoms with Crippen LogP contribution in [0, 0.1) is 5.92 Å². The summed E-state index contributed by atoms with van der Waals surface area (Å²) in [6.45, 7) is 13.8. The molecule has 0 spiro atoms. The molecule has 0 aromatic rings. The van der Waals surface area contributed by atoms with Crippen molar-refractivity contribution >= 4 is 0 Å².